The topological polar surface area (TPSA) is 0 Å². The van der Waals surface area contributed by atoms with Gasteiger partial charge in [0.1, 0.15) is 0 Å². The lowest BCUT2D eigenvalue weighted by Gasteiger charge is -1.98. The van der Waals surface area contributed by atoms with Crippen LogP contribution in [0, 0.1) is 0 Å². The van der Waals surface area contributed by atoms with Gasteiger partial charge in [-0.05, 0) is 31.9 Å². The minimum absolute atomic E-state index is 1.28. The molecule has 2 aromatic carbocycles. The lowest BCUT2D eigenvalue weighted by atomic mass is 10.1. The molecule has 0 bridgehead atoms. The number of rotatable bonds is 1. The Bertz CT molecular complexity index is 396. The van der Waals surface area contributed by atoms with Crippen LogP contribution in [-0.4, -0.2) is 0 Å². The third kappa shape index (κ3) is 8.62. The van der Waals surface area contributed by atoms with Gasteiger partial charge in [-0.15, -0.1) is 6.58 Å². The Labute approximate surface area is 118 Å². The van der Waals surface area contributed by atoms with E-state index in [0.717, 1.165) is 0 Å². The van der Waals surface area contributed by atoms with Crippen LogP contribution in [0.25, 0.3) is 11.1 Å². The molecule has 0 amide bonds. The summed E-state index contributed by atoms with van der Waals surface area (Å²) in [6.45, 7) is 9.25. The van der Waals surface area contributed by atoms with Crippen LogP contribution in [0.5, 0.6) is 0 Å². The first kappa shape index (κ1) is 16.9. The second-order valence-corrected chi connectivity index (χ2v) is 3.81. The van der Waals surface area contributed by atoms with Crippen LogP contribution in [0.3, 0.4) is 0 Å². The van der Waals surface area contributed by atoms with Crippen molar-refractivity contribution in [2.45, 2.75) is 20.8 Å². The fourth-order valence-corrected chi connectivity index (χ4v) is 1.26. The lowest BCUT2D eigenvalue weighted by Crippen LogP contribution is -1.73. The quantitative estimate of drug-likeness (QED) is 0.536. The van der Waals surface area contributed by atoms with Crippen molar-refractivity contribution in [1.29, 1.82) is 0 Å². The van der Waals surface area contributed by atoms with Crippen LogP contribution in [-0.2, 0) is 0 Å². The van der Waals surface area contributed by atoms with Gasteiger partial charge in [0, 0.05) is 0 Å². The molecule has 100 valence electrons. The van der Waals surface area contributed by atoms with E-state index in [2.05, 4.69) is 55.1 Å². The standard InChI is InChI=1S/C12H10.C4H8.C3H6/c1-3-7-11(8-4-1)12-9-5-2-6-10-12;1-3-4-2;1-3-2/h1-10H;3-4H,1-2H3;3H,1H2,2H3. The van der Waals surface area contributed by atoms with Gasteiger partial charge in [0.25, 0.3) is 0 Å². The Morgan fingerprint density at radius 1 is 0.632 bits per heavy atom. The molecule has 0 heterocycles. The largest absolute Gasteiger partial charge is 0.103 e. The lowest BCUT2D eigenvalue weighted by molar-refractivity contribution is 1.62. The molecule has 0 N–H and O–H groups in total. The molecule has 2 rings (SSSR count). The molecule has 0 saturated carbocycles. The minimum atomic E-state index is 1.28. The normalized spacial score (nSPS) is 8.79. The fourth-order valence-electron chi connectivity index (χ4n) is 1.26. The van der Waals surface area contributed by atoms with Crippen molar-refractivity contribution in [2.75, 3.05) is 0 Å². The summed E-state index contributed by atoms with van der Waals surface area (Å²) < 4.78 is 0. The van der Waals surface area contributed by atoms with Crippen LogP contribution in [0.4, 0.5) is 0 Å². The fraction of sp³-hybridized carbons (Fsp3) is 0.158. The SMILES string of the molecule is C=CC.CC=CC.c1ccc(-c2ccccc2)cc1. The van der Waals surface area contributed by atoms with E-state index in [1.165, 1.54) is 11.1 Å². The maximum atomic E-state index is 3.36. The molecule has 0 fully saturated rings. The Balaban J connectivity index is 0.000000393. The van der Waals surface area contributed by atoms with Crippen LogP contribution in [0.2, 0.25) is 0 Å². The zero-order valence-corrected chi connectivity index (χ0v) is 12.2. The zero-order chi connectivity index (χ0) is 14.3. The average Bonchev–Trinajstić information content (AvgIpc) is 2.50. The molecule has 0 aliphatic rings. The molecule has 2 aromatic rings. The number of hydrogen-bond donors (Lipinski definition) is 0. The first-order valence-electron chi connectivity index (χ1n) is 6.54. The summed E-state index contributed by atoms with van der Waals surface area (Å²) in [4.78, 5) is 0. The monoisotopic (exact) mass is 252 g/mol. The molecule has 0 aliphatic heterocycles. The van der Waals surface area contributed by atoms with Crippen LogP contribution < -0.4 is 0 Å². The van der Waals surface area contributed by atoms with Crippen molar-refractivity contribution in [3.63, 3.8) is 0 Å². The zero-order valence-electron chi connectivity index (χ0n) is 12.2. The van der Waals surface area contributed by atoms with E-state index in [4.69, 9.17) is 0 Å². The maximum Gasteiger partial charge on any atom is -0.0184 e. The third-order valence-corrected chi connectivity index (χ3v) is 2.21. The number of benzene rings is 2. The van der Waals surface area contributed by atoms with Gasteiger partial charge in [0.05, 0.1) is 0 Å². The number of hydrogen-bond acceptors (Lipinski definition) is 0. The third-order valence-electron chi connectivity index (χ3n) is 2.21. The second kappa shape index (κ2) is 12.4. The van der Waals surface area contributed by atoms with Crippen molar-refractivity contribution in [1.82, 2.24) is 0 Å². The van der Waals surface area contributed by atoms with Gasteiger partial charge in [-0.3, -0.25) is 0 Å². The summed E-state index contributed by atoms with van der Waals surface area (Å²) in [7, 11) is 0. The van der Waals surface area contributed by atoms with E-state index in [9.17, 15) is 0 Å². The molecule has 0 atom stereocenters. The second-order valence-electron chi connectivity index (χ2n) is 3.81. The van der Waals surface area contributed by atoms with Gasteiger partial charge < -0.3 is 0 Å². The Hall–Kier alpha value is -2.08. The van der Waals surface area contributed by atoms with Crippen molar-refractivity contribution in [2.24, 2.45) is 0 Å². The molecule has 0 saturated heterocycles. The molecule has 0 unspecified atom stereocenters. The molecule has 0 radical (unpaired) electrons. The highest BCUT2D eigenvalue weighted by Gasteiger charge is 1.91. The predicted octanol–water partition coefficient (Wildman–Crippen LogP) is 6.13. The Morgan fingerprint density at radius 3 is 1.11 bits per heavy atom. The summed E-state index contributed by atoms with van der Waals surface area (Å²) in [5.41, 5.74) is 2.55. The Kier molecular flexibility index (Phi) is 11.0. The first-order chi connectivity index (χ1) is 9.29. The summed E-state index contributed by atoms with van der Waals surface area (Å²) in [6, 6.07) is 20.8. The predicted molar refractivity (Wildman–Crippen MR) is 88.2 cm³/mol. The highest BCUT2D eigenvalue weighted by Crippen LogP contribution is 2.17. The van der Waals surface area contributed by atoms with Crippen LogP contribution >= 0.6 is 0 Å². The van der Waals surface area contributed by atoms with Crippen molar-refractivity contribution in [3.8, 4) is 11.1 Å². The van der Waals surface area contributed by atoms with E-state index in [-0.39, 0.29) is 0 Å². The van der Waals surface area contributed by atoms with E-state index in [1.807, 2.05) is 45.1 Å². The van der Waals surface area contributed by atoms with Crippen molar-refractivity contribution >= 4 is 0 Å². The molecule has 0 aliphatic carbocycles. The summed E-state index contributed by atoms with van der Waals surface area (Å²) in [5, 5.41) is 0. The van der Waals surface area contributed by atoms with Crippen molar-refractivity contribution in [3.05, 3.63) is 85.5 Å². The van der Waals surface area contributed by atoms with E-state index < -0.39 is 0 Å². The summed E-state index contributed by atoms with van der Waals surface area (Å²) in [5.74, 6) is 0. The van der Waals surface area contributed by atoms with E-state index in [0.29, 0.717) is 0 Å². The highest BCUT2D eigenvalue weighted by molar-refractivity contribution is 5.62. The summed E-state index contributed by atoms with van der Waals surface area (Å²) >= 11 is 0. The van der Waals surface area contributed by atoms with Gasteiger partial charge in [-0.25, -0.2) is 0 Å². The van der Waals surface area contributed by atoms with Gasteiger partial charge in [0.2, 0.25) is 0 Å². The molecular weight excluding hydrogens is 228 g/mol. The van der Waals surface area contributed by atoms with E-state index in [1.54, 1.807) is 6.08 Å². The van der Waals surface area contributed by atoms with Crippen LogP contribution in [0.15, 0.2) is 85.5 Å². The van der Waals surface area contributed by atoms with Crippen molar-refractivity contribution < 1.29 is 0 Å². The molecule has 0 aromatic heterocycles. The van der Waals surface area contributed by atoms with Gasteiger partial charge in [0.15, 0.2) is 0 Å². The van der Waals surface area contributed by atoms with Gasteiger partial charge in [-0.1, -0.05) is 78.9 Å². The molecular formula is C19H24. The molecule has 0 spiro atoms. The average molecular weight is 252 g/mol. The van der Waals surface area contributed by atoms with Crippen LogP contribution in [0.1, 0.15) is 20.8 Å². The maximum absolute atomic E-state index is 3.36. The highest BCUT2D eigenvalue weighted by atomic mass is 14.0. The Morgan fingerprint density at radius 2 is 0.895 bits per heavy atom. The van der Waals surface area contributed by atoms with E-state index >= 15 is 0 Å². The molecule has 0 nitrogen and oxygen atoms in total. The van der Waals surface area contributed by atoms with Gasteiger partial charge >= 0.3 is 0 Å². The number of allylic oxidation sites excluding steroid dienone is 3. The summed E-state index contributed by atoms with van der Waals surface area (Å²) in [6.07, 6.45) is 5.75. The molecule has 19 heavy (non-hydrogen) atoms. The first-order valence-corrected chi connectivity index (χ1v) is 6.54. The minimum Gasteiger partial charge on any atom is -0.103 e. The molecule has 0 heteroatoms. The van der Waals surface area contributed by atoms with Gasteiger partial charge in [-0.2, -0.15) is 0 Å². The smallest absolute Gasteiger partial charge is 0.0184 e.